The van der Waals surface area contributed by atoms with Gasteiger partial charge >= 0.3 is 0 Å². The molecule has 0 amide bonds. The number of rotatable bonds is 3. The van der Waals surface area contributed by atoms with Crippen LogP contribution in [-0.4, -0.2) is 17.3 Å². The van der Waals surface area contributed by atoms with Crippen LogP contribution in [0.25, 0.3) is 11.1 Å². The summed E-state index contributed by atoms with van der Waals surface area (Å²) in [6.45, 7) is 7.95. The van der Waals surface area contributed by atoms with Crippen molar-refractivity contribution in [1.29, 1.82) is 0 Å². The molecule has 0 heterocycles. The fourth-order valence-electron chi connectivity index (χ4n) is 4.22. The van der Waals surface area contributed by atoms with Crippen LogP contribution in [0.1, 0.15) is 51.7 Å². The minimum Gasteiger partial charge on any atom is -0.298 e. The highest BCUT2D eigenvalue weighted by atomic mass is 19.2. The van der Waals surface area contributed by atoms with Gasteiger partial charge in [-0.15, -0.1) is 0 Å². The SMILES string of the molecule is CCc1cc(-c2cc(F)c(F)c(F)c2)ccc1C1C(=O)C(C)(C)C(=O)C(C)(C)C1=O. The highest BCUT2D eigenvalue weighted by Gasteiger charge is 2.58. The molecule has 0 atom stereocenters. The molecule has 1 fully saturated rings. The lowest BCUT2D eigenvalue weighted by atomic mass is 9.57. The average Bonchev–Trinajstić information content (AvgIpc) is 2.70. The average molecular weight is 416 g/mol. The molecule has 0 bridgehead atoms. The largest absolute Gasteiger partial charge is 0.298 e. The van der Waals surface area contributed by atoms with Crippen molar-refractivity contribution in [2.45, 2.75) is 47.0 Å². The molecule has 1 aliphatic rings. The molecule has 0 radical (unpaired) electrons. The number of hydrogen-bond acceptors (Lipinski definition) is 3. The highest BCUT2D eigenvalue weighted by molar-refractivity contribution is 6.30. The Balaban J connectivity index is 2.15. The van der Waals surface area contributed by atoms with Gasteiger partial charge in [-0.05, 0) is 68.5 Å². The van der Waals surface area contributed by atoms with Crippen LogP contribution >= 0.6 is 0 Å². The standard InChI is InChI=1S/C24H23F3O3/c1-6-12-9-13(14-10-16(25)19(27)17(26)11-14)7-8-15(12)18-20(28)23(2,3)22(30)24(4,5)21(18)29/h7-11,18H,6H2,1-5H3. The molecule has 3 nitrogen and oxygen atoms in total. The predicted molar refractivity (Wildman–Crippen MR) is 106 cm³/mol. The Labute approximate surface area is 173 Å². The molecule has 6 heteroatoms. The van der Waals surface area contributed by atoms with Gasteiger partial charge in [-0.3, -0.25) is 14.4 Å². The minimum absolute atomic E-state index is 0.143. The van der Waals surface area contributed by atoms with Crippen LogP contribution in [0.3, 0.4) is 0 Å². The molecule has 3 rings (SSSR count). The number of benzene rings is 2. The number of Topliss-reactive ketones (excluding diaryl/α,β-unsaturated/α-hetero) is 3. The Hall–Kier alpha value is -2.76. The van der Waals surface area contributed by atoms with E-state index in [0.717, 1.165) is 12.1 Å². The zero-order valence-electron chi connectivity index (χ0n) is 17.5. The lowest BCUT2D eigenvalue weighted by Gasteiger charge is -2.41. The number of halogens is 3. The van der Waals surface area contributed by atoms with Crippen LogP contribution in [0.15, 0.2) is 30.3 Å². The van der Waals surface area contributed by atoms with Crippen molar-refractivity contribution < 1.29 is 27.6 Å². The maximum Gasteiger partial charge on any atom is 0.194 e. The van der Waals surface area contributed by atoms with E-state index in [1.54, 1.807) is 12.1 Å². The summed E-state index contributed by atoms with van der Waals surface area (Å²) in [4.78, 5) is 39.0. The van der Waals surface area contributed by atoms with E-state index in [1.807, 2.05) is 6.92 Å². The fourth-order valence-corrected chi connectivity index (χ4v) is 4.22. The zero-order chi connectivity index (χ0) is 22.6. The van der Waals surface area contributed by atoms with E-state index >= 15 is 0 Å². The summed E-state index contributed by atoms with van der Waals surface area (Å²) < 4.78 is 40.6. The van der Waals surface area contributed by atoms with Gasteiger partial charge in [0.25, 0.3) is 0 Å². The third-order valence-electron chi connectivity index (χ3n) is 6.04. The fraction of sp³-hybridized carbons (Fsp3) is 0.375. The van der Waals surface area contributed by atoms with Crippen molar-refractivity contribution in [3.8, 4) is 11.1 Å². The first kappa shape index (κ1) is 21.9. The van der Waals surface area contributed by atoms with Gasteiger partial charge in [0.15, 0.2) is 34.8 Å². The summed E-state index contributed by atoms with van der Waals surface area (Å²) in [6.07, 6.45) is 0.446. The molecule has 0 N–H and O–H groups in total. The van der Waals surface area contributed by atoms with Gasteiger partial charge in [-0.1, -0.05) is 25.1 Å². The van der Waals surface area contributed by atoms with Gasteiger partial charge in [0.2, 0.25) is 0 Å². The van der Waals surface area contributed by atoms with Crippen LogP contribution in [0.4, 0.5) is 13.2 Å². The number of hydrogen-bond donors (Lipinski definition) is 0. The van der Waals surface area contributed by atoms with Gasteiger partial charge in [0.05, 0.1) is 10.8 Å². The lowest BCUT2D eigenvalue weighted by Crippen LogP contribution is -2.56. The Morgan fingerprint density at radius 1 is 0.800 bits per heavy atom. The van der Waals surface area contributed by atoms with Crippen LogP contribution in [0.5, 0.6) is 0 Å². The second kappa shape index (κ2) is 7.18. The molecule has 30 heavy (non-hydrogen) atoms. The van der Waals surface area contributed by atoms with Gasteiger partial charge in [-0.25, -0.2) is 13.2 Å². The summed E-state index contributed by atoms with van der Waals surface area (Å²) in [5.41, 5.74) is -0.925. The van der Waals surface area contributed by atoms with E-state index < -0.39 is 51.5 Å². The normalized spacial score (nSPS) is 18.7. The molecule has 2 aromatic carbocycles. The summed E-state index contributed by atoms with van der Waals surface area (Å²) in [6, 6.07) is 6.55. The summed E-state index contributed by atoms with van der Waals surface area (Å²) >= 11 is 0. The molecule has 0 aromatic heterocycles. The Bertz CT molecular complexity index is 1030. The predicted octanol–water partition coefficient (Wildman–Crippen LogP) is 5.19. The van der Waals surface area contributed by atoms with E-state index in [-0.39, 0.29) is 5.56 Å². The number of carbonyl (C=O) groups excluding carboxylic acids is 3. The van der Waals surface area contributed by atoms with E-state index in [2.05, 4.69) is 0 Å². The zero-order valence-corrected chi connectivity index (χ0v) is 17.5. The summed E-state index contributed by atoms with van der Waals surface area (Å²) in [5.74, 6) is -6.57. The van der Waals surface area contributed by atoms with Crippen molar-refractivity contribution in [3.63, 3.8) is 0 Å². The Morgan fingerprint density at radius 3 is 1.77 bits per heavy atom. The molecule has 0 unspecified atom stereocenters. The van der Waals surface area contributed by atoms with E-state index in [0.29, 0.717) is 23.1 Å². The topological polar surface area (TPSA) is 51.2 Å². The quantitative estimate of drug-likeness (QED) is 0.511. The molecule has 0 saturated heterocycles. The Morgan fingerprint density at radius 2 is 1.30 bits per heavy atom. The second-order valence-corrected chi connectivity index (χ2v) is 8.76. The van der Waals surface area contributed by atoms with Gasteiger partial charge in [0.1, 0.15) is 5.92 Å². The molecule has 0 spiro atoms. The van der Waals surface area contributed by atoms with Gasteiger partial charge in [-0.2, -0.15) is 0 Å². The molecular formula is C24H23F3O3. The third-order valence-corrected chi connectivity index (χ3v) is 6.04. The monoisotopic (exact) mass is 416 g/mol. The first-order valence-electron chi connectivity index (χ1n) is 9.75. The van der Waals surface area contributed by atoms with Crippen LogP contribution < -0.4 is 0 Å². The summed E-state index contributed by atoms with van der Waals surface area (Å²) in [7, 11) is 0. The molecule has 2 aromatic rings. The van der Waals surface area contributed by atoms with E-state index in [1.165, 1.54) is 33.8 Å². The third kappa shape index (κ3) is 3.18. The summed E-state index contributed by atoms with van der Waals surface area (Å²) in [5, 5.41) is 0. The van der Waals surface area contributed by atoms with Crippen molar-refractivity contribution in [2.75, 3.05) is 0 Å². The first-order chi connectivity index (χ1) is 13.8. The molecule has 1 aliphatic carbocycles. The van der Waals surface area contributed by atoms with Gasteiger partial charge < -0.3 is 0 Å². The lowest BCUT2D eigenvalue weighted by molar-refractivity contribution is -0.157. The van der Waals surface area contributed by atoms with E-state index in [9.17, 15) is 27.6 Å². The second-order valence-electron chi connectivity index (χ2n) is 8.76. The molecule has 158 valence electrons. The molecule has 0 aliphatic heterocycles. The molecular weight excluding hydrogens is 393 g/mol. The number of ketones is 3. The highest BCUT2D eigenvalue weighted by Crippen LogP contribution is 2.45. The van der Waals surface area contributed by atoms with Gasteiger partial charge in [0, 0.05) is 0 Å². The first-order valence-corrected chi connectivity index (χ1v) is 9.75. The number of aryl methyl sites for hydroxylation is 1. The van der Waals surface area contributed by atoms with Crippen LogP contribution in [0, 0.1) is 28.3 Å². The van der Waals surface area contributed by atoms with Crippen molar-refractivity contribution >= 4 is 17.3 Å². The van der Waals surface area contributed by atoms with Crippen LogP contribution in [-0.2, 0) is 20.8 Å². The smallest absolute Gasteiger partial charge is 0.194 e. The van der Waals surface area contributed by atoms with E-state index in [4.69, 9.17) is 0 Å². The minimum atomic E-state index is -1.54. The van der Waals surface area contributed by atoms with Crippen molar-refractivity contribution in [1.82, 2.24) is 0 Å². The maximum atomic E-state index is 13.7. The number of carbonyl (C=O) groups is 3. The van der Waals surface area contributed by atoms with Crippen molar-refractivity contribution in [3.05, 3.63) is 58.9 Å². The molecule has 1 saturated carbocycles. The van der Waals surface area contributed by atoms with Crippen LogP contribution in [0.2, 0.25) is 0 Å². The Kier molecular flexibility index (Phi) is 5.25. The maximum absolute atomic E-state index is 13.7. The van der Waals surface area contributed by atoms with Crippen molar-refractivity contribution in [2.24, 2.45) is 10.8 Å².